The quantitative estimate of drug-likeness (QED) is 0.521. The van der Waals surface area contributed by atoms with Gasteiger partial charge in [-0.3, -0.25) is 9.10 Å². The van der Waals surface area contributed by atoms with Crippen LogP contribution in [0.15, 0.2) is 77.7 Å². The summed E-state index contributed by atoms with van der Waals surface area (Å²) < 4.78 is 79.2. The number of benzene rings is 3. The Labute approximate surface area is 182 Å². The van der Waals surface area contributed by atoms with Crippen LogP contribution in [0.3, 0.4) is 0 Å². The molecule has 0 unspecified atom stereocenters. The number of sulfonamides is 1. The average Bonchev–Trinajstić information content (AvgIpc) is 2.72. The zero-order chi connectivity index (χ0) is 23.5. The van der Waals surface area contributed by atoms with Gasteiger partial charge in [-0.15, -0.1) is 0 Å². The van der Waals surface area contributed by atoms with Crippen molar-refractivity contribution in [2.75, 3.05) is 16.2 Å². The number of carbonyl (C=O) groups excluding carboxylic acids is 1. The highest BCUT2D eigenvalue weighted by Crippen LogP contribution is 2.31. The van der Waals surface area contributed by atoms with Gasteiger partial charge in [0.1, 0.15) is 12.4 Å². The molecule has 0 atom stereocenters. The first-order valence-electron chi connectivity index (χ1n) is 9.29. The number of aryl methyl sites for hydroxylation is 1. The van der Waals surface area contributed by atoms with Gasteiger partial charge in [0.2, 0.25) is 5.91 Å². The Balaban J connectivity index is 1.92. The summed E-state index contributed by atoms with van der Waals surface area (Å²) in [6, 6.07) is 14.4. The van der Waals surface area contributed by atoms with Crippen molar-refractivity contribution in [3.63, 3.8) is 0 Å². The van der Waals surface area contributed by atoms with Crippen LogP contribution in [0.5, 0.6) is 0 Å². The number of nitrogens with zero attached hydrogens (tertiary/aromatic N) is 1. The van der Waals surface area contributed by atoms with Gasteiger partial charge in [0, 0.05) is 5.69 Å². The van der Waals surface area contributed by atoms with Crippen molar-refractivity contribution >= 4 is 27.3 Å². The molecular formula is C22H18F4N2O3S. The predicted molar refractivity (Wildman–Crippen MR) is 112 cm³/mol. The van der Waals surface area contributed by atoms with E-state index < -0.39 is 40.0 Å². The summed E-state index contributed by atoms with van der Waals surface area (Å²) in [5.41, 5.74) is -0.0714. The van der Waals surface area contributed by atoms with Crippen molar-refractivity contribution in [3.8, 4) is 0 Å². The number of nitrogens with one attached hydrogen (secondary N) is 1. The monoisotopic (exact) mass is 466 g/mol. The summed E-state index contributed by atoms with van der Waals surface area (Å²) in [5, 5.41) is 2.29. The predicted octanol–water partition coefficient (Wildman–Crippen LogP) is 4.99. The van der Waals surface area contributed by atoms with Gasteiger partial charge in [0.25, 0.3) is 10.0 Å². The SMILES string of the molecule is Cc1ccc(N(CC(=O)Nc2cccc(C(F)(F)F)c2)S(=O)(=O)c2ccc(F)cc2)cc1. The molecule has 3 aromatic rings. The molecule has 0 saturated carbocycles. The van der Waals surface area contributed by atoms with Crippen molar-refractivity contribution in [1.82, 2.24) is 0 Å². The van der Waals surface area contributed by atoms with Crippen LogP contribution in [0.1, 0.15) is 11.1 Å². The van der Waals surface area contributed by atoms with Crippen molar-refractivity contribution in [2.45, 2.75) is 18.0 Å². The third-order valence-electron chi connectivity index (χ3n) is 4.48. The highest BCUT2D eigenvalue weighted by molar-refractivity contribution is 7.92. The van der Waals surface area contributed by atoms with E-state index in [1.54, 1.807) is 19.1 Å². The standard InChI is InChI=1S/C22H18F4N2O3S/c1-15-5-9-19(10-6-15)28(32(30,31)20-11-7-17(23)8-12-20)14-21(29)27-18-4-2-3-16(13-18)22(24,25)26/h2-13H,14H2,1H3,(H,27,29). The van der Waals surface area contributed by atoms with Crippen LogP contribution < -0.4 is 9.62 Å². The number of halogens is 4. The second kappa shape index (κ2) is 8.99. The van der Waals surface area contributed by atoms with Gasteiger partial charge >= 0.3 is 6.18 Å². The smallest absolute Gasteiger partial charge is 0.325 e. The molecule has 3 aromatic carbocycles. The number of hydrogen-bond donors (Lipinski definition) is 1. The summed E-state index contributed by atoms with van der Waals surface area (Å²) in [6.07, 6.45) is -4.60. The molecule has 10 heteroatoms. The third-order valence-corrected chi connectivity index (χ3v) is 6.27. The van der Waals surface area contributed by atoms with Crippen LogP contribution in [0.4, 0.5) is 28.9 Å². The maximum atomic E-state index is 13.3. The zero-order valence-electron chi connectivity index (χ0n) is 16.7. The lowest BCUT2D eigenvalue weighted by molar-refractivity contribution is -0.137. The second-order valence-corrected chi connectivity index (χ2v) is 8.79. The van der Waals surface area contributed by atoms with E-state index in [0.29, 0.717) is 0 Å². The van der Waals surface area contributed by atoms with E-state index in [1.165, 1.54) is 18.2 Å². The topological polar surface area (TPSA) is 66.5 Å². The van der Waals surface area contributed by atoms with E-state index in [4.69, 9.17) is 0 Å². The van der Waals surface area contributed by atoms with Crippen molar-refractivity contribution in [2.24, 2.45) is 0 Å². The van der Waals surface area contributed by atoms with Crippen molar-refractivity contribution in [1.29, 1.82) is 0 Å². The fraction of sp³-hybridized carbons (Fsp3) is 0.136. The number of rotatable bonds is 6. The lowest BCUT2D eigenvalue weighted by atomic mass is 10.2. The Morgan fingerprint density at radius 3 is 2.19 bits per heavy atom. The minimum atomic E-state index is -4.60. The fourth-order valence-electron chi connectivity index (χ4n) is 2.86. The summed E-state index contributed by atoms with van der Waals surface area (Å²) >= 11 is 0. The van der Waals surface area contributed by atoms with Gasteiger partial charge in [-0.05, 0) is 61.5 Å². The first-order chi connectivity index (χ1) is 15.0. The summed E-state index contributed by atoms with van der Waals surface area (Å²) in [6.45, 7) is 1.09. The molecule has 0 aromatic heterocycles. The Morgan fingerprint density at radius 2 is 1.59 bits per heavy atom. The molecule has 1 N–H and O–H groups in total. The summed E-state index contributed by atoms with van der Waals surface area (Å²) in [5.74, 6) is -1.48. The largest absolute Gasteiger partial charge is 0.416 e. The number of alkyl halides is 3. The fourth-order valence-corrected chi connectivity index (χ4v) is 4.29. The van der Waals surface area contributed by atoms with Crippen LogP contribution in [0.2, 0.25) is 0 Å². The molecule has 0 spiro atoms. The minimum Gasteiger partial charge on any atom is -0.325 e. The first kappa shape index (κ1) is 23.3. The molecular weight excluding hydrogens is 448 g/mol. The van der Waals surface area contributed by atoms with Gasteiger partial charge in [-0.25, -0.2) is 12.8 Å². The number of anilines is 2. The van der Waals surface area contributed by atoms with Crippen LogP contribution in [0, 0.1) is 12.7 Å². The van der Waals surface area contributed by atoms with Crippen molar-refractivity contribution in [3.05, 3.63) is 89.7 Å². The Hall–Kier alpha value is -3.40. The Morgan fingerprint density at radius 1 is 0.969 bits per heavy atom. The molecule has 32 heavy (non-hydrogen) atoms. The van der Waals surface area contributed by atoms with Crippen LogP contribution in [-0.2, 0) is 21.0 Å². The van der Waals surface area contributed by atoms with E-state index in [0.717, 1.165) is 52.3 Å². The van der Waals surface area contributed by atoms with Crippen molar-refractivity contribution < 1.29 is 30.8 Å². The number of carbonyl (C=O) groups is 1. The molecule has 1 amide bonds. The lowest BCUT2D eigenvalue weighted by Crippen LogP contribution is -2.38. The molecule has 0 fully saturated rings. The molecule has 0 aliphatic heterocycles. The van der Waals surface area contributed by atoms with Gasteiger partial charge in [-0.1, -0.05) is 23.8 Å². The van der Waals surface area contributed by atoms with Gasteiger partial charge in [-0.2, -0.15) is 13.2 Å². The van der Waals surface area contributed by atoms with Crippen LogP contribution in [-0.4, -0.2) is 20.9 Å². The molecule has 0 heterocycles. The Kier molecular flexibility index (Phi) is 6.54. The molecule has 0 aliphatic carbocycles. The summed E-state index contributed by atoms with van der Waals surface area (Å²) in [4.78, 5) is 12.4. The van der Waals surface area contributed by atoms with E-state index in [2.05, 4.69) is 5.32 Å². The van der Waals surface area contributed by atoms with E-state index in [-0.39, 0.29) is 16.3 Å². The first-order valence-corrected chi connectivity index (χ1v) is 10.7. The molecule has 0 radical (unpaired) electrons. The van der Waals surface area contributed by atoms with Crippen LogP contribution in [0.25, 0.3) is 0 Å². The number of amides is 1. The molecule has 0 saturated heterocycles. The van der Waals surface area contributed by atoms with Gasteiger partial charge < -0.3 is 5.32 Å². The van der Waals surface area contributed by atoms with Crippen LogP contribution >= 0.6 is 0 Å². The Bertz CT molecular complexity index is 1210. The van der Waals surface area contributed by atoms with Gasteiger partial charge in [0.05, 0.1) is 16.1 Å². The maximum Gasteiger partial charge on any atom is 0.416 e. The van der Waals surface area contributed by atoms with E-state index >= 15 is 0 Å². The third kappa shape index (κ3) is 5.44. The minimum absolute atomic E-state index is 0.132. The van der Waals surface area contributed by atoms with E-state index in [1.807, 2.05) is 0 Å². The normalized spacial score (nSPS) is 11.8. The lowest BCUT2D eigenvalue weighted by Gasteiger charge is -2.24. The molecule has 168 valence electrons. The zero-order valence-corrected chi connectivity index (χ0v) is 17.5. The maximum absolute atomic E-state index is 13.3. The molecule has 5 nitrogen and oxygen atoms in total. The molecule has 0 bridgehead atoms. The van der Waals surface area contributed by atoms with Gasteiger partial charge in [0.15, 0.2) is 0 Å². The molecule has 3 rings (SSSR count). The second-order valence-electron chi connectivity index (χ2n) is 6.93. The molecule has 0 aliphatic rings. The van der Waals surface area contributed by atoms with E-state index in [9.17, 15) is 30.8 Å². The highest BCUT2D eigenvalue weighted by atomic mass is 32.2. The average molecular weight is 466 g/mol. The summed E-state index contributed by atoms with van der Waals surface area (Å²) in [7, 11) is -4.28. The highest BCUT2D eigenvalue weighted by Gasteiger charge is 2.31. The number of hydrogen-bond acceptors (Lipinski definition) is 3.